The lowest BCUT2D eigenvalue weighted by molar-refractivity contribution is -0.124. The number of fused-ring (bicyclic) bond motifs is 1. The Labute approximate surface area is 111 Å². The fraction of sp³-hybridized carbons (Fsp3) is 0.429. The average Bonchev–Trinajstić information content (AvgIpc) is 2.82. The Morgan fingerprint density at radius 1 is 1.21 bits per heavy atom. The van der Waals surface area contributed by atoms with Gasteiger partial charge in [0.25, 0.3) is 0 Å². The summed E-state index contributed by atoms with van der Waals surface area (Å²) >= 11 is 0. The number of benzene rings is 1. The van der Waals surface area contributed by atoms with Gasteiger partial charge in [-0.05, 0) is 31.0 Å². The Kier molecular flexibility index (Phi) is 2.69. The first-order chi connectivity index (χ1) is 9.11. The lowest BCUT2D eigenvalue weighted by atomic mass is 9.85. The molecular formula is C14H16N2O3. The minimum Gasteiger partial charge on any atom is -0.478 e. The van der Waals surface area contributed by atoms with E-state index >= 15 is 0 Å². The minimum atomic E-state index is -0.962. The normalized spacial score (nSPS) is 20.3. The molecule has 1 aliphatic heterocycles. The molecule has 19 heavy (non-hydrogen) atoms. The third-order valence-corrected chi connectivity index (χ3v) is 4.17. The van der Waals surface area contributed by atoms with Crippen LogP contribution in [-0.2, 0) is 4.79 Å². The Morgan fingerprint density at radius 3 is 2.63 bits per heavy atom. The monoisotopic (exact) mass is 260 g/mol. The maximum atomic E-state index is 12.4. The molecule has 0 bridgehead atoms. The van der Waals surface area contributed by atoms with E-state index in [0.717, 1.165) is 25.7 Å². The van der Waals surface area contributed by atoms with Gasteiger partial charge in [-0.1, -0.05) is 12.8 Å². The van der Waals surface area contributed by atoms with Crippen LogP contribution in [0, 0.1) is 5.41 Å². The lowest BCUT2D eigenvalue weighted by Crippen LogP contribution is -2.37. The zero-order valence-corrected chi connectivity index (χ0v) is 10.5. The van der Waals surface area contributed by atoms with Crippen molar-refractivity contribution >= 4 is 23.3 Å². The number of rotatable bonds is 1. The van der Waals surface area contributed by atoms with Gasteiger partial charge in [0.1, 0.15) is 0 Å². The molecule has 5 heteroatoms. The first-order valence-electron chi connectivity index (χ1n) is 6.53. The quantitative estimate of drug-likeness (QED) is 0.724. The van der Waals surface area contributed by atoms with Gasteiger partial charge in [0.05, 0.1) is 22.4 Å². The zero-order valence-electron chi connectivity index (χ0n) is 10.5. The molecule has 3 rings (SSSR count). The van der Waals surface area contributed by atoms with Crippen molar-refractivity contribution in [2.24, 2.45) is 5.41 Å². The molecule has 0 aromatic heterocycles. The van der Waals surface area contributed by atoms with Crippen molar-refractivity contribution in [2.45, 2.75) is 25.7 Å². The van der Waals surface area contributed by atoms with Gasteiger partial charge in [0, 0.05) is 6.54 Å². The third kappa shape index (κ3) is 1.95. The largest absolute Gasteiger partial charge is 0.478 e. The first kappa shape index (κ1) is 12.0. The predicted molar refractivity (Wildman–Crippen MR) is 71.4 cm³/mol. The highest BCUT2D eigenvalue weighted by Crippen LogP contribution is 2.42. The van der Waals surface area contributed by atoms with Crippen LogP contribution in [0.15, 0.2) is 18.2 Å². The highest BCUT2D eigenvalue weighted by molar-refractivity contribution is 6.01. The molecule has 1 aromatic rings. The van der Waals surface area contributed by atoms with Gasteiger partial charge in [0.15, 0.2) is 0 Å². The molecule has 1 aliphatic carbocycles. The zero-order chi connectivity index (χ0) is 13.5. The van der Waals surface area contributed by atoms with Gasteiger partial charge in [-0.25, -0.2) is 4.79 Å². The molecule has 1 aromatic carbocycles. The summed E-state index contributed by atoms with van der Waals surface area (Å²) in [5, 5.41) is 15.2. The van der Waals surface area contributed by atoms with Gasteiger partial charge in [-0.2, -0.15) is 0 Å². The Balaban J connectivity index is 1.95. The molecule has 1 amide bonds. The molecule has 0 radical (unpaired) electrons. The van der Waals surface area contributed by atoms with Crippen molar-refractivity contribution in [3.63, 3.8) is 0 Å². The predicted octanol–water partition coefficient (Wildman–Crippen LogP) is 2.31. The van der Waals surface area contributed by atoms with Crippen molar-refractivity contribution in [3.05, 3.63) is 23.8 Å². The number of amides is 1. The standard InChI is InChI=1S/C14H16N2O3/c17-12(18)9-3-4-10-11(7-9)15-8-14(13(19)16-10)5-1-2-6-14/h3-4,7,15H,1-2,5-6,8H2,(H,16,19)(H,17,18). The van der Waals surface area contributed by atoms with E-state index in [1.807, 2.05) is 0 Å². The number of carbonyl (C=O) groups excluding carboxylic acids is 1. The van der Waals surface area contributed by atoms with Crippen LogP contribution in [0.5, 0.6) is 0 Å². The molecule has 3 N–H and O–H groups in total. The molecule has 1 heterocycles. The molecule has 1 fully saturated rings. The molecule has 0 saturated heterocycles. The highest BCUT2D eigenvalue weighted by atomic mass is 16.4. The molecule has 5 nitrogen and oxygen atoms in total. The third-order valence-electron chi connectivity index (χ3n) is 4.17. The van der Waals surface area contributed by atoms with E-state index in [4.69, 9.17) is 5.11 Å². The van der Waals surface area contributed by atoms with Crippen molar-refractivity contribution in [1.29, 1.82) is 0 Å². The van der Waals surface area contributed by atoms with E-state index in [9.17, 15) is 9.59 Å². The van der Waals surface area contributed by atoms with Crippen LogP contribution in [-0.4, -0.2) is 23.5 Å². The summed E-state index contributed by atoms with van der Waals surface area (Å²) in [5.41, 5.74) is 1.25. The van der Waals surface area contributed by atoms with Gasteiger partial charge in [0.2, 0.25) is 5.91 Å². The van der Waals surface area contributed by atoms with Crippen LogP contribution in [0.25, 0.3) is 0 Å². The summed E-state index contributed by atoms with van der Waals surface area (Å²) in [7, 11) is 0. The molecule has 0 unspecified atom stereocenters. The van der Waals surface area contributed by atoms with Crippen molar-refractivity contribution in [3.8, 4) is 0 Å². The highest BCUT2D eigenvalue weighted by Gasteiger charge is 2.42. The summed E-state index contributed by atoms with van der Waals surface area (Å²) in [4.78, 5) is 23.3. The SMILES string of the molecule is O=C(O)c1ccc2c(c1)NCC1(CCCC1)C(=O)N2. The van der Waals surface area contributed by atoms with Crippen molar-refractivity contribution in [1.82, 2.24) is 0 Å². The lowest BCUT2D eigenvalue weighted by Gasteiger charge is -2.24. The number of hydrogen-bond acceptors (Lipinski definition) is 3. The fourth-order valence-electron chi connectivity index (χ4n) is 2.99. The molecular weight excluding hydrogens is 244 g/mol. The van der Waals surface area contributed by atoms with Crippen LogP contribution in [0.3, 0.4) is 0 Å². The smallest absolute Gasteiger partial charge is 0.335 e. The van der Waals surface area contributed by atoms with Gasteiger partial charge in [-0.3, -0.25) is 4.79 Å². The van der Waals surface area contributed by atoms with Crippen LogP contribution in [0.2, 0.25) is 0 Å². The van der Waals surface area contributed by atoms with Crippen LogP contribution in [0.1, 0.15) is 36.0 Å². The maximum absolute atomic E-state index is 12.4. The first-order valence-corrected chi connectivity index (χ1v) is 6.53. The van der Waals surface area contributed by atoms with Gasteiger partial charge < -0.3 is 15.7 Å². The van der Waals surface area contributed by atoms with E-state index in [0.29, 0.717) is 17.9 Å². The van der Waals surface area contributed by atoms with Crippen molar-refractivity contribution < 1.29 is 14.7 Å². The van der Waals surface area contributed by atoms with E-state index in [1.165, 1.54) is 6.07 Å². The fourth-order valence-corrected chi connectivity index (χ4v) is 2.99. The van der Waals surface area contributed by atoms with E-state index in [2.05, 4.69) is 10.6 Å². The Bertz CT molecular complexity index is 548. The van der Waals surface area contributed by atoms with Crippen LogP contribution >= 0.6 is 0 Å². The number of aromatic carboxylic acids is 1. The average molecular weight is 260 g/mol. The second kappa shape index (κ2) is 4.26. The van der Waals surface area contributed by atoms with Crippen LogP contribution < -0.4 is 10.6 Å². The van der Waals surface area contributed by atoms with Crippen LogP contribution in [0.4, 0.5) is 11.4 Å². The number of anilines is 2. The second-order valence-corrected chi connectivity index (χ2v) is 5.36. The number of hydrogen-bond donors (Lipinski definition) is 3. The van der Waals surface area contributed by atoms with E-state index in [-0.39, 0.29) is 16.9 Å². The molecule has 0 atom stereocenters. The van der Waals surface area contributed by atoms with Crippen molar-refractivity contribution in [2.75, 3.05) is 17.2 Å². The number of carbonyl (C=O) groups is 2. The Morgan fingerprint density at radius 2 is 1.95 bits per heavy atom. The van der Waals surface area contributed by atoms with E-state index in [1.54, 1.807) is 12.1 Å². The van der Waals surface area contributed by atoms with Gasteiger partial charge >= 0.3 is 5.97 Å². The molecule has 1 saturated carbocycles. The summed E-state index contributed by atoms with van der Waals surface area (Å²) < 4.78 is 0. The summed E-state index contributed by atoms with van der Waals surface area (Å²) in [5.74, 6) is -0.907. The maximum Gasteiger partial charge on any atom is 0.335 e. The minimum absolute atomic E-state index is 0.0549. The number of carboxylic acids is 1. The Hall–Kier alpha value is -2.04. The second-order valence-electron chi connectivity index (χ2n) is 5.36. The van der Waals surface area contributed by atoms with Gasteiger partial charge in [-0.15, -0.1) is 0 Å². The molecule has 1 spiro atoms. The molecule has 2 aliphatic rings. The molecule has 100 valence electrons. The summed E-state index contributed by atoms with van der Waals surface area (Å²) in [6.07, 6.45) is 3.94. The summed E-state index contributed by atoms with van der Waals surface area (Å²) in [6.45, 7) is 0.578. The number of carboxylic acid groups (broad SMARTS) is 1. The topological polar surface area (TPSA) is 78.4 Å². The summed E-state index contributed by atoms with van der Waals surface area (Å²) in [6, 6.07) is 4.74. The van der Waals surface area contributed by atoms with E-state index < -0.39 is 5.97 Å². The number of nitrogens with one attached hydrogen (secondary N) is 2.